The molecule has 2 rings (SSSR count). The maximum absolute atomic E-state index is 13.5. The van der Waals surface area contributed by atoms with E-state index >= 15 is 0 Å². The normalized spacial score (nSPS) is 14.3. The Labute approximate surface area is 111 Å². The van der Waals surface area contributed by atoms with E-state index in [-0.39, 0.29) is 11.3 Å². The Hall–Kier alpha value is -1.65. The minimum Gasteiger partial charge on any atom is -0.383 e. The van der Waals surface area contributed by atoms with Crippen molar-refractivity contribution >= 4 is 11.6 Å². The van der Waals surface area contributed by atoms with Crippen molar-refractivity contribution in [3.05, 3.63) is 29.3 Å². The molecule has 0 radical (unpaired) electrons. The SMILES string of the molecule is CNc1c(F)cc(C(=O)NCCCC2CC2)cc1F. The number of hydrogen-bond donors (Lipinski definition) is 2. The second kappa shape index (κ2) is 5.99. The van der Waals surface area contributed by atoms with Gasteiger partial charge >= 0.3 is 0 Å². The average Bonchev–Trinajstić information content (AvgIpc) is 3.18. The Balaban J connectivity index is 1.90. The number of amides is 1. The van der Waals surface area contributed by atoms with Gasteiger partial charge in [-0.3, -0.25) is 4.79 Å². The molecule has 0 unspecified atom stereocenters. The summed E-state index contributed by atoms with van der Waals surface area (Å²) in [6.07, 6.45) is 4.60. The van der Waals surface area contributed by atoms with Crippen LogP contribution in [0.3, 0.4) is 0 Å². The first kappa shape index (κ1) is 13.8. The van der Waals surface area contributed by atoms with Gasteiger partial charge in [-0.1, -0.05) is 12.8 Å². The summed E-state index contributed by atoms with van der Waals surface area (Å²) in [4.78, 5) is 11.7. The zero-order valence-corrected chi connectivity index (χ0v) is 10.9. The van der Waals surface area contributed by atoms with Crippen molar-refractivity contribution in [2.75, 3.05) is 18.9 Å². The highest BCUT2D eigenvalue weighted by atomic mass is 19.1. The van der Waals surface area contributed by atoms with Crippen molar-refractivity contribution in [2.45, 2.75) is 25.7 Å². The molecule has 1 saturated carbocycles. The van der Waals surface area contributed by atoms with Crippen LogP contribution in [0.15, 0.2) is 12.1 Å². The minimum atomic E-state index is -0.759. The van der Waals surface area contributed by atoms with Gasteiger partial charge < -0.3 is 10.6 Å². The van der Waals surface area contributed by atoms with E-state index < -0.39 is 17.5 Å². The molecule has 1 aromatic rings. The Bertz CT molecular complexity index is 450. The molecule has 1 amide bonds. The molecule has 0 atom stereocenters. The summed E-state index contributed by atoms with van der Waals surface area (Å²) in [6.45, 7) is 0.548. The van der Waals surface area contributed by atoms with Crippen LogP contribution in [0.25, 0.3) is 0 Å². The predicted octanol–water partition coefficient (Wildman–Crippen LogP) is 2.93. The van der Waals surface area contributed by atoms with Gasteiger partial charge in [0, 0.05) is 19.2 Å². The molecule has 1 aliphatic rings. The molecule has 0 aromatic heterocycles. The van der Waals surface area contributed by atoms with E-state index in [9.17, 15) is 13.6 Å². The van der Waals surface area contributed by atoms with Crippen LogP contribution in [0.4, 0.5) is 14.5 Å². The van der Waals surface area contributed by atoms with Crippen LogP contribution in [-0.2, 0) is 0 Å². The molecule has 0 bridgehead atoms. The van der Waals surface area contributed by atoms with Gasteiger partial charge in [-0.2, -0.15) is 0 Å². The number of hydrogen-bond acceptors (Lipinski definition) is 2. The maximum Gasteiger partial charge on any atom is 0.251 e. The second-order valence-electron chi connectivity index (χ2n) is 4.91. The first-order chi connectivity index (χ1) is 9.11. The Morgan fingerprint density at radius 3 is 2.47 bits per heavy atom. The third-order valence-corrected chi connectivity index (χ3v) is 3.33. The van der Waals surface area contributed by atoms with Gasteiger partial charge in [-0.25, -0.2) is 8.78 Å². The highest BCUT2D eigenvalue weighted by Crippen LogP contribution is 2.33. The van der Waals surface area contributed by atoms with Gasteiger partial charge in [0.2, 0.25) is 0 Å². The van der Waals surface area contributed by atoms with Crippen LogP contribution in [0.1, 0.15) is 36.0 Å². The predicted molar refractivity (Wildman–Crippen MR) is 70.2 cm³/mol. The van der Waals surface area contributed by atoms with Crippen LogP contribution in [0.5, 0.6) is 0 Å². The summed E-state index contributed by atoms with van der Waals surface area (Å²) in [5.74, 6) is -1.13. The van der Waals surface area contributed by atoms with Gasteiger partial charge in [0.15, 0.2) is 0 Å². The van der Waals surface area contributed by atoms with Gasteiger partial charge in [-0.15, -0.1) is 0 Å². The Morgan fingerprint density at radius 1 is 1.32 bits per heavy atom. The third-order valence-electron chi connectivity index (χ3n) is 3.33. The molecule has 0 aliphatic heterocycles. The lowest BCUT2D eigenvalue weighted by Gasteiger charge is -2.08. The maximum atomic E-state index is 13.5. The molecule has 0 spiro atoms. The fourth-order valence-corrected chi connectivity index (χ4v) is 2.04. The summed E-state index contributed by atoms with van der Waals surface area (Å²) in [5, 5.41) is 5.10. The molecule has 1 aliphatic carbocycles. The average molecular weight is 268 g/mol. The third kappa shape index (κ3) is 3.66. The first-order valence-corrected chi connectivity index (χ1v) is 6.57. The summed E-state index contributed by atoms with van der Waals surface area (Å²) in [6, 6.07) is 2.09. The number of benzene rings is 1. The van der Waals surface area contributed by atoms with Crippen LogP contribution >= 0.6 is 0 Å². The molecule has 104 valence electrons. The highest BCUT2D eigenvalue weighted by molar-refractivity contribution is 5.94. The molecule has 5 heteroatoms. The smallest absolute Gasteiger partial charge is 0.251 e. The molecular weight excluding hydrogens is 250 g/mol. The lowest BCUT2D eigenvalue weighted by Crippen LogP contribution is -2.25. The number of carbonyl (C=O) groups excluding carboxylic acids is 1. The van der Waals surface area contributed by atoms with Crippen molar-refractivity contribution in [1.82, 2.24) is 5.32 Å². The fourth-order valence-electron chi connectivity index (χ4n) is 2.04. The van der Waals surface area contributed by atoms with Crippen molar-refractivity contribution < 1.29 is 13.6 Å². The number of halogens is 2. The standard InChI is InChI=1S/C14H18F2N2O/c1-17-13-11(15)7-10(8-12(13)16)14(19)18-6-2-3-9-4-5-9/h7-9,17H,2-6H2,1H3,(H,18,19). The van der Waals surface area contributed by atoms with E-state index in [1.807, 2.05) is 0 Å². The molecule has 1 aromatic carbocycles. The lowest BCUT2D eigenvalue weighted by molar-refractivity contribution is 0.0952. The quantitative estimate of drug-likeness (QED) is 0.779. The van der Waals surface area contributed by atoms with Gasteiger partial charge in [0.05, 0.1) is 0 Å². The second-order valence-corrected chi connectivity index (χ2v) is 4.91. The first-order valence-electron chi connectivity index (χ1n) is 6.57. The van der Waals surface area contributed by atoms with Crippen molar-refractivity contribution in [1.29, 1.82) is 0 Å². The summed E-state index contributed by atoms with van der Waals surface area (Å²) >= 11 is 0. The Kier molecular flexibility index (Phi) is 4.35. The van der Waals surface area contributed by atoms with E-state index in [1.165, 1.54) is 19.9 Å². The van der Waals surface area contributed by atoms with Gasteiger partial charge in [0.25, 0.3) is 5.91 Å². The van der Waals surface area contributed by atoms with Crippen molar-refractivity contribution in [3.63, 3.8) is 0 Å². The highest BCUT2D eigenvalue weighted by Gasteiger charge is 2.20. The van der Waals surface area contributed by atoms with E-state index in [4.69, 9.17) is 0 Å². The van der Waals surface area contributed by atoms with Crippen molar-refractivity contribution in [3.8, 4) is 0 Å². The number of carbonyl (C=O) groups is 1. The molecule has 19 heavy (non-hydrogen) atoms. The van der Waals surface area contributed by atoms with E-state index in [2.05, 4.69) is 10.6 Å². The van der Waals surface area contributed by atoms with E-state index in [0.717, 1.165) is 30.9 Å². The lowest BCUT2D eigenvalue weighted by atomic mass is 10.1. The molecule has 0 saturated heterocycles. The molecule has 3 nitrogen and oxygen atoms in total. The summed E-state index contributed by atoms with van der Waals surface area (Å²) in [7, 11) is 1.43. The molecule has 0 heterocycles. The number of anilines is 1. The molecule has 1 fully saturated rings. The van der Waals surface area contributed by atoms with Gasteiger partial charge in [-0.05, 0) is 30.9 Å². The monoisotopic (exact) mass is 268 g/mol. The largest absolute Gasteiger partial charge is 0.383 e. The van der Waals surface area contributed by atoms with Crippen LogP contribution in [-0.4, -0.2) is 19.5 Å². The minimum absolute atomic E-state index is 0.0143. The fraction of sp³-hybridized carbons (Fsp3) is 0.500. The topological polar surface area (TPSA) is 41.1 Å². The Morgan fingerprint density at radius 2 is 1.95 bits per heavy atom. The van der Waals surface area contributed by atoms with Crippen molar-refractivity contribution in [2.24, 2.45) is 5.92 Å². The van der Waals surface area contributed by atoms with Crippen LogP contribution < -0.4 is 10.6 Å². The summed E-state index contributed by atoms with van der Waals surface area (Å²) < 4.78 is 27.0. The van der Waals surface area contributed by atoms with E-state index in [1.54, 1.807) is 0 Å². The van der Waals surface area contributed by atoms with E-state index in [0.29, 0.717) is 6.54 Å². The van der Waals surface area contributed by atoms with Gasteiger partial charge in [0.1, 0.15) is 17.3 Å². The number of rotatable bonds is 6. The van der Waals surface area contributed by atoms with Crippen LogP contribution in [0, 0.1) is 17.6 Å². The summed E-state index contributed by atoms with van der Waals surface area (Å²) in [5.41, 5.74) is -0.203. The van der Waals surface area contributed by atoms with Crippen LogP contribution in [0.2, 0.25) is 0 Å². The number of nitrogens with one attached hydrogen (secondary N) is 2. The molecular formula is C14H18F2N2O. The molecule has 2 N–H and O–H groups in total. The zero-order valence-electron chi connectivity index (χ0n) is 10.9. The zero-order chi connectivity index (χ0) is 13.8.